The van der Waals surface area contributed by atoms with Gasteiger partial charge in [0.05, 0.1) is 11.5 Å². The van der Waals surface area contributed by atoms with Crippen LogP contribution in [0.3, 0.4) is 0 Å². The van der Waals surface area contributed by atoms with Crippen molar-refractivity contribution in [2.75, 3.05) is 26.2 Å². The molecule has 10 heteroatoms. The van der Waals surface area contributed by atoms with Crippen molar-refractivity contribution in [2.24, 2.45) is 0 Å². The Kier molecular flexibility index (Phi) is 9.36. The van der Waals surface area contributed by atoms with Gasteiger partial charge in [-0.1, -0.05) is 24.3 Å². The quantitative estimate of drug-likeness (QED) is 0.486. The minimum Gasteiger partial charge on any atom is -0.395 e. The first-order chi connectivity index (χ1) is 16.7. The van der Waals surface area contributed by atoms with Crippen molar-refractivity contribution in [1.29, 1.82) is 0 Å². The minimum absolute atomic E-state index is 0.0778. The van der Waals surface area contributed by atoms with Crippen molar-refractivity contribution in [3.8, 4) is 0 Å². The number of hydrogen-bond donors (Lipinski definition) is 2. The van der Waals surface area contributed by atoms with E-state index in [1.54, 1.807) is 43.3 Å². The van der Waals surface area contributed by atoms with Crippen molar-refractivity contribution in [1.82, 2.24) is 14.5 Å². The molecular weight excluding hydrogens is 473 g/mol. The maximum Gasteiger partial charge on any atom is 0.243 e. The number of aliphatic hydroxyl groups is 1. The van der Waals surface area contributed by atoms with E-state index in [0.717, 1.165) is 18.4 Å². The third-order valence-corrected chi connectivity index (χ3v) is 8.01. The molecule has 1 aliphatic rings. The lowest BCUT2D eigenvalue weighted by atomic mass is 10.1. The summed E-state index contributed by atoms with van der Waals surface area (Å²) in [4.78, 5) is 27.3. The summed E-state index contributed by atoms with van der Waals surface area (Å²) >= 11 is 0. The Hall–Kier alpha value is -2.82. The summed E-state index contributed by atoms with van der Waals surface area (Å²) in [5.74, 6) is -1.06. The molecule has 2 aromatic rings. The maximum absolute atomic E-state index is 13.3. The highest BCUT2D eigenvalue weighted by Crippen LogP contribution is 2.21. The highest BCUT2D eigenvalue weighted by atomic mass is 32.2. The fraction of sp³-hybridized carbons (Fsp3) is 0.440. The molecule has 1 aliphatic heterocycles. The molecule has 190 valence electrons. The lowest BCUT2D eigenvalue weighted by molar-refractivity contribution is -0.140. The molecule has 0 aliphatic carbocycles. The van der Waals surface area contributed by atoms with Crippen LogP contribution >= 0.6 is 0 Å². The molecule has 0 aromatic heterocycles. The van der Waals surface area contributed by atoms with E-state index in [0.29, 0.717) is 25.1 Å². The molecular formula is C25H32FN3O5S. The zero-order valence-electron chi connectivity index (χ0n) is 19.8. The molecule has 1 saturated heterocycles. The smallest absolute Gasteiger partial charge is 0.243 e. The number of halogens is 1. The van der Waals surface area contributed by atoms with Crippen LogP contribution in [0.4, 0.5) is 4.39 Å². The molecule has 2 amide bonds. The Morgan fingerprint density at radius 2 is 1.66 bits per heavy atom. The van der Waals surface area contributed by atoms with E-state index in [2.05, 4.69) is 5.32 Å². The zero-order chi connectivity index (χ0) is 25.4. The Morgan fingerprint density at radius 3 is 2.26 bits per heavy atom. The van der Waals surface area contributed by atoms with Gasteiger partial charge in [-0.15, -0.1) is 0 Å². The number of hydrogen-bond acceptors (Lipinski definition) is 5. The van der Waals surface area contributed by atoms with Crippen LogP contribution in [0, 0.1) is 5.82 Å². The number of benzene rings is 2. The Labute approximate surface area is 205 Å². The average molecular weight is 506 g/mol. The Morgan fingerprint density at radius 1 is 1.06 bits per heavy atom. The molecule has 0 saturated carbocycles. The number of sulfonamides is 1. The third kappa shape index (κ3) is 7.09. The fourth-order valence-electron chi connectivity index (χ4n) is 4.00. The topological polar surface area (TPSA) is 107 Å². The fourth-order valence-corrected chi connectivity index (χ4v) is 5.51. The average Bonchev–Trinajstić information content (AvgIpc) is 3.41. The Balaban J connectivity index is 1.68. The number of aliphatic hydroxyl groups excluding tert-OH is 1. The van der Waals surface area contributed by atoms with Crippen LogP contribution in [0.5, 0.6) is 0 Å². The summed E-state index contributed by atoms with van der Waals surface area (Å²) in [5.41, 5.74) is 1.48. The molecule has 8 nitrogen and oxygen atoms in total. The molecule has 1 atom stereocenters. The number of carbonyl (C=O) groups is 2. The van der Waals surface area contributed by atoms with E-state index in [9.17, 15) is 22.4 Å². The first kappa shape index (κ1) is 26.8. The van der Waals surface area contributed by atoms with Gasteiger partial charge in [0, 0.05) is 32.6 Å². The van der Waals surface area contributed by atoms with E-state index < -0.39 is 27.8 Å². The minimum atomic E-state index is -3.50. The maximum atomic E-state index is 13.3. The number of aryl methyl sites for hydroxylation is 1. The van der Waals surface area contributed by atoms with Crippen LogP contribution in [0.15, 0.2) is 53.4 Å². The van der Waals surface area contributed by atoms with Crippen LogP contribution in [0.25, 0.3) is 0 Å². The van der Waals surface area contributed by atoms with Gasteiger partial charge in [0.2, 0.25) is 21.8 Å². The first-order valence-electron chi connectivity index (χ1n) is 11.7. The molecule has 0 spiro atoms. The van der Waals surface area contributed by atoms with Crippen LogP contribution in [0.2, 0.25) is 0 Å². The van der Waals surface area contributed by atoms with Gasteiger partial charge in [-0.2, -0.15) is 4.31 Å². The van der Waals surface area contributed by atoms with Crippen molar-refractivity contribution in [2.45, 2.75) is 50.1 Å². The van der Waals surface area contributed by atoms with Gasteiger partial charge in [-0.05, 0) is 61.6 Å². The van der Waals surface area contributed by atoms with Crippen molar-refractivity contribution >= 4 is 21.8 Å². The molecule has 1 fully saturated rings. The van der Waals surface area contributed by atoms with Gasteiger partial charge in [-0.25, -0.2) is 12.8 Å². The van der Waals surface area contributed by atoms with E-state index in [-0.39, 0.29) is 36.9 Å². The molecule has 2 N–H and O–H groups in total. The Bertz CT molecular complexity index is 1100. The van der Waals surface area contributed by atoms with Gasteiger partial charge in [0.1, 0.15) is 11.9 Å². The summed E-state index contributed by atoms with van der Waals surface area (Å²) < 4.78 is 40.2. The number of nitrogens with zero attached hydrogens (tertiary/aromatic N) is 2. The second-order valence-electron chi connectivity index (χ2n) is 8.59. The second kappa shape index (κ2) is 12.2. The van der Waals surface area contributed by atoms with E-state index in [1.807, 2.05) is 0 Å². The lowest BCUT2D eigenvalue weighted by Crippen LogP contribution is -2.48. The largest absolute Gasteiger partial charge is 0.395 e. The van der Waals surface area contributed by atoms with Crippen molar-refractivity contribution in [3.63, 3.8) is 0 Å². The zero-order valence-corrected chi connectivity index (χ0v) is 20.6. The number of rotatable bonds is 11. The van der Waals surface area contributed by atoms with Crippen molar-refractivity contribution < 1.29 is 27.5 Å². The van der Waals surface area contributed by atoms with Crippen LogP contribution in [-0.2, 0) is 32.6 Å². The summed E-state index contributed by atoms with van der Waals surface area (Å²) in [5, 5.41) is 11.6. The van der Waals surface area contributed by atoms with E-state index in [1.165, 1.54) is 21.3 Å². The van der Waals surface area contributed by atoms with Crippen LogP contribution in [-0.4, -0.2) is 66.8 Å². The first-order valence-corrected chi connectivity index (χ1v) is 13.2. The van der Waals surface area contributed by atoms with Gasteiger partial charge in [0.25, 0.3) is 0 Å². The molecule has 35 heavy (non-hydrogen) atoms. The highest BCUT2D eigenvalue weighted by Gasteiger charge is 2.28. The van der Waals surface area contributed by atoms with Gasteiger partial charge < -0.3 is 15.3 Å². The monoisotopic (exact) mass is 505 g/mol. The van der Waals surface area contributed by atoms with Crippen molar-refractivity contribution in [3.05, 3.63) is 65.5 Å². The molecule has 0 radical (unpaired) electrons. The highest BCUT2D eigenvalue weighted by molar-refractivity contribution is 7.89. The molecule has 3 rings (SSSR count). The molecule has 0 unspecified atom stereocenters. The van der Waals surface area contributed by atoms with E-state index >= 15 is 0 Å². The normalized spacial score (nSPS) is 15.1. The van der Waals surface area contributed by atoms with Gasteiger partial charge in [-0.3, -0.25) is 9.59 Å². The molecule has 0 bridgehead atoms. The van der Waals surface area contributed by atoms with Crippen LogP contribution in [0.1, 0.15) is 37.3 Å². The van der Waals surface area contributed by atoms with Crippen LogP contribution < -0.4 is 5.32 Å². The lowest BCUT2D eigenvalue weighted by Gasteiger charge is -2.29. The summed E-state index contributed by atoms with van der Waals surface area (Å²) in [6, 6.07) is 11.5. The third-order valence-electron chi connectivity index (χ3n) is 6.10. The molecule has 2 aromatic carbocycles. The summed E-state index contributed by atoms with van der Waals surface area (Å²) in [6.45, 7) is 2.66. The number of amides is 2. The predicted molar refractivity (Wildman–Crippen MR) is 129 cm³/mol. The number of nitrogens with one attached hydrogen (secondary N) is 1. The summed E-state index contributed by atoms with van der Waals surface area (Å²) in [7, 11) is -3.50. The number of carbonyl (C=O) groups excluding carboxylic acids is 2. The van der Waals surface area contributed by atoms with E-state index in [4.69, 9.17) is 5.11 Å². The standard InChI is InChI=1S/C25H32FN3O5S/c1-19(25(32)27-14-17-30)29(18-21-4-9-22(26)10-5-21)24(31)13-8-20-6-11-23(12-7-20)35(33,34)28-15-2-3-16-28/h4-7,9-12,19,30H,2-3,8,13-18H2,1H3,(H,27,32)/t19-/m0/s1. The second-order valence-corrected chi connectivity index (χ2v) is 10.5. The SMILES string of the molecule is C[C@@H](C(=O)NCCO)N(Cc1ccc(F)cc1)C(=O)CCc1ccc(S(=O)(=O)N2CCCC2)cc1. The van der Waals surface area contributed by atoms with Gasteiger partial charge in [0.15, 0.2) is 0 Å². The predicted octanol–water partition coefficient (Wildman–Crippen LogP) is 2.07. The van der Waals surface area contributed by atoms with Gasteiger partial charge >= 0.3 is 0 Å². The molecule has 1 heterocycles. The summed E-state index contributed by atoms with van der Waals surface area (Å²) in [6.07, 6.45) is 2.21.